The van der Waals surface area contributed by atoms with Gasteiger partial charge in [-0.2, -0.15) is 5.10 Å². The van der Waals surface area contributed by atoms with E-state index >= 15 is 0 Å². The highest BCUT2D eigenvalue weighted by Gasteiger charge is 2.25. The molecule has 0 aliphatic carbocycles. The van der Waals surface area contributed by atoms with Crippen molar-refractivity contribution < 1.29 is 14.6 Å². The largest absolute Gasteiger partial charge is 0.494 e. The number of aromatic nitrogens is 2. The molecule has 1 heterocycles. The van der Waals surface area contributed by atoms with Crippen molar-refractivity contribution in [2.24, 2.45) is 7.05 Å². The lowest BCUT2D eigenvalue weighted by molar-refractivity contribution is 0.0526. The molecular weight excluding hydrogens is 294 g/mol. The van der Waals surface area contributed by atoms with E-state index in [1.165, 1.54) is 0 Å². The van der Waals surface area contributed by atoms with Crippen molar-refractivity contribution in [3.05, 3.63) is 47.3 Å². The first-order valence-electron chi connectivity index (χ1n) is 7.56. The van der Waals surface area contributed by atoms with Crippen LogP contribution in [-0.2, 0) is 12.6 Å². The minimum atomic E-state index is -1.18. The number of aryl methyl sites for hydroxylation is 2. The molecule has 0 fully saturated rings. The lowest BCUT2D eigenvalue weighted by Crippen LogP contribution is -2.38. The molecule has 2 N–H and O–H groups in total. The third-order valence-electron chi connectivity index (χ3n) is 3.67. The molecule has 0 aliphatic heterocycles. The van der Waals surface area contributed by atoms with Gasteiger partial charge in [0.15, 0.2) is 0 Å². The summed E-state index contributed by atoms with van der Waals surface area (Å²) in [4.78, 5) is 12.3. The topological polar surface area (TPSA) is 76.4 Å². The number of benzene rings is 1. The minimum absolute atomic E-state index is 0.0926. The van der Waals surface area contributed by atoms with E-state index in [0.717, 1.165) is 5.56 Å². The summed E-state index contributed by atoms with van der Waals surface area (Å²) in [6, 6.07) is 5.30. The van der Waals surface area contributed by atoms with Crippen LogP contribution in [0.25, 0.3) is 0 Å². The molecule has 0 radical (unpaired) electrons. The fourth-order valence-corrected chi connectivity index (χ4v) is 2.21. The summed E-state index contributed by atoms with van der Waals surface area (Å²) in [6.07, 6.45) is 3.32. The molecule has 0 saturated carbocycles. The van der Waals surface area contributed by atoms with Crippen LogP contribution in [-0.4, -0.2) is 33.9 Å². The van der Waals surface area contributed by atoms with Crippen LogP contribution >= 0.6 is 0 Å². The van der Waals surface area contributed by atoms with Crippen molar-refractivity contribution >= 4 is 5.91 Å². The predicted octanol–water partition coefficient (Wildman–Crippen LogP) is 1.76. The molecule has 6 heteroatoms. The van der Waals surface area contributed by atoms with Crippen LogP contribution in [0.15, 0.2) is 30.6 Å². The Balaban J connectivity index is 2.06. The number of rotatable bonds is 6. The molecule has 23 heavy (non-hydrogen) atoms. The van der Waals surface area contributed by atoms with E-state index in [1.54, 1.807) is 43.2 Å². The number of carbonyl (C=O) groups is 1. The quantitative estimate of drug-likeness (QED) is 0.851. The monoisotopic (exact) mass is 317 g/mol. The maximum atomic E-state index is 12.3. The molecule has 0 spiro atoms. The molecule has 1 aromatic carbocycles. The van der Waals surface area contributed by atoms with Crippen LogP contribution in [0.1, 0.15) is 35.3 Å². The molecule has 6 nitrogen and oxygen atoms in total. The third-order valence-corrected chi connectivity index (χ3v) is 3.67. The van der Waals surface area contributed by atoms with E-state index in [-0.39, 0.29) is 12.5 Å². The number of hydrogen-bond acceptors (Lipinski definition) is 4. The molecule has 1 unspecified atom stereocenters. The van der Waals surface area contributed by atoms with Crippen molar-refractivity contribution in [1.29, 1.82) is 0 Å². The Labute approximate surface area is 136 Å². The first kappa shape index (κ1) is 17.0. The third kappa shape index (κ3) is 4.10. The first-order valence-corrected chi connectivity index (χ1v) is 7.56. The number of hydrogen-bond donors (Lipinski definition) is 2. The summed E-state index contributed by atoms with van der Waals surface area (Å²) in [5, 5.41) is 17.3. The molecule has 0 bridgehead atoms. The fraction of sp³-hybridized carbons (Fsp3) is 0.412. The Bertz CT molecular complexity index is 692. The standard InChI is InChI=1S/C17H23N3O3/c1-5-23-15-8-13(7-6-12(15)2)16(21)18-11-17(3,22)14-9-19-20(4)10-14/h6-10,22H,5,11H2,1-4H3,(H,18,21). The summed E-state index contributed by atoms with van der Waals surface area (Å²) in [7, 11) is 1.78. The van der Waals surface area contributed by atoms with Crippen molar-refractivity contribution in [2.75, 3.05) is 13.2 Å². The Hall–Kier alpha value is -2.34. The summed E-state index contributed by atoms with van der Waals surface area (Å²) in [5.41, 5.74) is 0.947. The van der Waals surface area contributed by atoms with Crippen LogP contribution in [0.2, 0.25) is 0 Å². The lowest BCUT2D eigenvalue weighted by atomic mass is 9.99. The van der Waals surface area contributed by atoms with Gasteiger partial charge in [-0.05, 0) is 38.5 Å². The van der Waals surface area contributed by atoms with Gasteiger partial charge in [-0.1, -0.05) is 6.07 Å². The molecule has 1 aromatic heterocycles. The zero-order chi connectivity index (χ0) is 17.0. The van der Waals surface area contributed by atoms with Crippen LogP contribution in [0.5, 0.6) is 5.75 Å². The Kier molecular flexibility index (Phi) is 5.05. The Morgan fingerprint density at radius 2 is 2.22 bits per heavy atom. The smallest absolute Gasteiger partial charge is 0.251 e. The van der Waals surface area contributed by atoms with Crippen molar-refractivity contribution in [3.63, 3.8) is 0 Å². The molecule has 124 valence electrons. The second kappa shape index (κ2) is 6.83. The number of carbonyl (C=O) groups excluding carboxylic acids is 1. The average Bonchev–Trinajstić information content (AvgIpc) is 2.95. The van der Waals surface area contributed by atoms with Crippen LogP contribution < -0.4 is 10.1 Å². The zero-order valence-electron chi connectivity index (χ0n) is 14.0. The van der Waals surface area contributed by atoms with Gasteiger partial charge in [0.1, 0.15) is 11.4 Å². The average molecular weight is 317 g/mol. The van der Waals surface area contributed by atoms with Gasteiger partial charge in [-0.3, -0.25) is 9.48 Å². The van der Waals surface area contributed by atoms with Crippen molar-refractivity contribution in [3.8, 4) is 5.75 Å². The Morgan fingerprint density at radius 1 is 1.48 bits per heavy atom. The molecule has 2 aromatic rings. The highest BCUT2D eigenvalue weighted by Crippen LogP contribution is 2.21. The van der Waals surface area contributed by atoms with Gasteiger partial charge in [-0.25, -0.2) is 0 Å². The van der Waals surface area contributed by atoms with Gasteiger partial charge in [-0.15, -0.1) is 0 Å². The summed E-state index contributed by atoms with van der Waals surface area (Å²) in [5.74, 6) is 0.439. The maximum Gasteiger partial charge on any atom is 0.251 e. The Morgan fingerprint density at radius 3 is 2.83 bits per heavy atom. The van der Waals surface area contributed by atoms with E-state index in [9.17, 15) is 9.90 Å². The van der Waals surface area contributed by atoms with Gasteiger partial charge < -0.3 is 15.2 Å². The van der Waals surface area contributed by atoms with E-state index in [4.69, 9.17) is 4.74 Å². The normalized spacial score (nSPS) is 13.4. The second-order valence-electron chi connectivity index (χ2n) is 5.77. The molecule has 1 atom stereocenters. The molecule has 1 amide bonds. The predicted molar refractivity (Wildman–Crippen MR) is 87.5 cm³/mol. The highest BCUT2D eigenvalue weighted by molar-refractivity contribution is 5.94. The minimum Gasteiger partial charge on any atom is -0.494 e. The number of ether oxygens (including phenoxy) is 1. The summed E-state index contributed by atoms with van der Waals surface area (Å²) in [6.45, 7) is 6.11. The van der Waals surface area contributed by atoms with Crippen molar-refractivity contribution in [2.45, 2.75) is 26.4 Å². The molecular formula is C17H23N3O3. The van der Waals surface area contributed by atoms with Crippen LogP contribution in [0, 0.1) is 6.92 Å². The molecule has 2 rings (SSSR count). The second-order valence-corrected chi connectivity index (χ2v) is 5.77. The van der Waals surface area contributed by atoms with Crippen LogP contribution in [0.3, 0.4) is 0 Å². The summed E-state index contributed by atoms with van der Waals surface area (Å²) >= 11 is 0. The van der Waals surface area contributed by atoms with Crippen LogP contribution in [0.4, 0.5) is 0 Å². The van der Waals surface area contributed by atoms with E-state index in [1.807, 2.05) is 19.9 Å². The number of nitrogens with zero attached hydrogens (tertiary/aromatic N) is 2. The fourth-order valence-electron chi connectivity index (χ4n) is 2.21. The van der Waals surface area contributed by atoms with E-state index < -0.39 is 5.60 Å². The van der Waals surface area contributed by atoms with Crippen molar-refractivity contribution in [1.82, 2.24) is 15.1 Å². The van der Waals surface area contributed by atoms with Gasteiger partial charge >= 0.3 is 0 Å². The molecule has 0 aliphatic rings. The van der Waals surface area contributed by atoms with Gasteiger partial charge in [0.2, 0.25) is 0 Å². The molecule has 0 saturated heterocycles. The SMILES string of the molecule is CCOc1cc(C(=O)NCC(C)(O)c2cnn(C)c2)ccc1C. The number of amides is 1. The maximum absolute atomic E-state index is 12.3. The highest BCUT2D eigenvalue weighted by atomic mass is 16.5. The van der Waals surface area contributed by atoms with E-state index in [0.29, 0.717) is 23.5 Å². The number of nitrogens with one attached hydrogen (secondary N) is 1. The van der Waals surface area contributed by atoms with Gasteiger partial charge in [0.25, 0.3) is 5.91 Å². The zero-order valence-corrected chi connectivity index (χ0v) is 14.0. The first-order chi connectivity index (χ1) is 10.8. The lowest BCUT2D eigenvalue weighted by Gasteiger charge is -2.22. The number of aliphatic hydroxyl groups is 1. The van der Waals surface area contributed by atoms with Gasteiger partial charge in [0.05, 0.1) is 19.3 Å². The summed E-state index contributed by atoms with van der Waals surface area (Å²) < 4.78 is 7.12. The van der Waals surface area contributed by atoms with E-state index in [2.05, 4.69) is 10.4 Å². The van der Waals surface area contributed by atoms with Gasteiger partial charge in [0, 0.05) is 24.4 Å².